The first-order chi connectivity index (χ1) is 6.65. The zero-order chi connectivity index (χ0) is 10.6. The van der Waals surface area contributed by atoms with Crippen LogP contribution in [0.1, 0.15) is 47.0 Å². The molecule has 0 aromatic rings. The molecule has 1 heterocycles. The number of hydrogen-bond donors (Lipinski definition) is 1. The third-order valence-corrected chi connectivity index (χ3v) is 3.33. The Morgan fingerprint density at radius 1 is 1.36 bits per heavy atom. The summed E-state index contributed by atoms with van der Waals surface area (Å²) in [5, 5.41) is 3.68. The van der Waals surface area contributed by atoms with Crippen molar-refractivity contribution in [2.75, 3.05) is 6.61 Å². The van der Waals surface area contributed by atoms with Crippen LogP contribution >= 0.6 is 0 Å². The summed E-state index contributed by atoms with van der Waals surface area (Å²) in [6, 6.07) is 1.14. The molecule has 1 N–H and O–H groups in total. The molecule has 0 saturated carbocycles. The van der Waals surface area contributed by atoms with E-state index in [9.17, 15) is 0 Å². The van der Waals surface area contributed by atoms with Gasteiger partial charge in [0.05, 0.1) is 6.10 Å². The summed E-state index contributed by atoms with van der Waals surface area (Å²) in [6.45, 7) is 9.99. The van der Waals surface area contributed by atoms with Crippen LogP contribution in [-0.2, 0) is 4.74 Å². The van der Waals surface area contributed by atoms with E-state index < -0.39 is 0 Å². The Hall–Kier alpha value is -0.0800. The van der Waals surface area contributed by atoms with E-state index in [1.54, 1.807) is 0 Å². The zero-order valence-corrected chi connectivity index (χ0v) is 10.0. The Balaban J connectivity index is 2.37. The molecular weight excluding hydrogens is 174 g/mol. The fraction of sp³-hybridized carbons (Fsp3) is 1.00. The van der Waals surface area contributed by atoms with E-state index in [-0.39, 0.29) is 0 Å². The van der Waals surface area contributed by atoms with Gasteiger partial charge in [0.25, 0.3) is 0 Å². The number of nitrogens with one attached hydrogen (secondary N) is 1. The van der Waals surface area contributed by atoms with E-state index in [4.69, 9.17) is 4.74 Å². The lowest BCUT2D eigenvalue weighted by Crippen LogP contribution is -2.45. The normalized spacial score (nSPS) is 26.8. The van der Waals surface area contributed by atoms with Crippen LogP contribution in [0, 0.1) is 5.92 Å². The first kappa shape index (κ1) is 12.0. The van der Waals surface area contributed by atoms with Crippen molar-refractivity contribution in [1.29, 1.82) is 0 Å². The van der Waals surface area contributed by atoms with Gasteiger partial charge in [0.1, 0.15) is 0 Å². The molecule has 1 aliphatic heterocycles. The van der Waals surface area contributed by atoms with Gasteiger partial charge in [-0.2, -0.15) is 0 Å². The van der Waals surface area contributed by atoms with Gasteiger partial charge in [0.2, 0.25) is 0 Å². The number of hydrogen-bond acceptors (Lipinski definition) is 2. The minimum atomic E-state index is 0.459. The Kier molecular flexibility index (Phi) is 4.90. The smallest absolute Gasteiger partial charge is 0.0728 e. The SMILES string of the molecule is CCC(NC(C)C(C)C)C1CCCO1. The van der Waals surface area contributed by atoms with Gasteiger partial charge in [-0.05, 0) is 32.1 Å². The molecule has 2 nitrogen and oxygen atoms in total. The molecule has 1 saturated heterocycles. The Labute approximate surface area is 88.4 Å². The van der Waals surface area contributed by atoms with E-state index in [1.165, 1.54) is 19.3 Å². The minimum absolute atomic E-state index is 0.459. The van der Waals surface area contributed by atoms with Crippen molar-refractivity contribution >= 4 is 0 Å². The van der Waals surface area contributed by atoms with Crippen molar-refractivity contribution in [1.82, 2.24) is 5.32 Å². The average molecular weight is 199 g/mol. The van der Waals surface area contributed by atoms with Crippen molar-refractivity contribution in [2.45, 2.75) is 65.1 Å². The summed E-state index contributed by atoms with van der Waals surface area (Å²) in [5.41, 5.74) is 0. The molecule has 84 valence electrons. The summed E-state index contributed by atoms with van der Waals surface area (Å²) in [4.78, 5) is 0. The van der Waals surface area contributed by atoms with Crippen molar-refractivity contribution < 1.29 is 4.74 Å². The lowest BCUT2D eigenvalue weighted by atomic mass is 10.0. The molecule has 0 aromatic heterocycles. The molecule has 0 amide bonds. The topological polar surface area (TPSA) is 21.3 Å². The van der Waals surface area contributed by atoms with Gasteiger partial charge in [0, 0.05) is 18.7 Å². The largest absolute Gasteiger partial charge is 0.377 e. The summed E-state index contributed by atoms with van der Waals surface area (Å²) in [7, 11) is 0. The molecule has 2 heteroatoms. The molecule has 0 aromatic carbocycles. The second kappa shape index (κ2) is 5.72. The van der Waals surface area contributed by atoms with Crippen LogP contribution in [0.25, 0.3) is 0 Å². The van der Waals surface area contributed by atoms with E-state index >= 15 is 0 Å². The monoisotopic (exact) mass is 199 g/mol. The average Bonchev–Trinajstić information content (AvgIpc) is 2.66. The predicted octanol–water partition coefficient (Wildman–Crippen LogP) is 2.58. The van der Waals surface area contributed by atoms with E-state index in [2.05, 4.69) is 33.0 Å². The van der Waals surface area contributed by atoms with Gasteiger partial charge in [-0.15, -0.1) is 0 Å². The highest BCUT2D eigenvalue weighted by Crippen LogP contribution is 2.18. The van der Waals surface area contributed by atoms with Crippen molar-refractivity contribution in [3.05, 3.63) is 0 Å². The number of rotatable bonds is 5. The third-order valence-electron chi connectivity index (χ3n) is 3.33. The fourth-order valence-electron chi connectivity index (χ4n) is 1.94. The molecule has 0 aliphatic carbocycles. The summed E-state index contributed by atoms with van der Waals surface area (Å²) in [5.74, 6) is 0.699. The second-order valence-electron chi connectivity index (χ2n) is 4.77. The van der Waals surface area contributed by atoms with Gasteiger partial charge in [-0.25, -0.2) is 0 Å². The van der Waals surface area contributed by atoms with E-state index in [0.29, 0.717) is 24.1 Å². The lowest BCUT2D eigenvalue weighted by molar-refractivity contribution is 0.0712. The molecule has 0 radical (unpaired) electrons. The Morgan fingerprint density at radius 3 is 2.50 bits per heavy atom. The standard InChI is InChI=1S/C12H25NO/c1-5-11(12-7-6-8-14-12)13-10(4)9(2)3/h9-13H,5-8H2,1-4H3. The lowest BCUT2D eigenvalue weighted by Gasteiger charge is -2.28. The van der Waals surface area contributed by atoms with Crippen LogP contribution < -0.4 is 5.32 Å². The molecular formula is C12H25NO. The molecule has 14 heavy (non-hydrogen) atoms. The van der Waals surface area contributed by atoms with Crippen molar-refractivity contribution in [3.8, 4) is 0 Å². The fourth-order valence-corrected chi connectivity index (χ4v) is 1.94. The van der Waals surface area contributed by atoms with Crippen molar-refractivity contribution in [2.24, 2.45) is 5.92 Å². The first-order valence-electron chi connectivity index (χ1n) is 6.02. The van der Waals surface area contributed by atoms with Crippen molar-refractivity contribution in [3.63, 3.8) is 0 Å². The van der Waals surface area contributed by atoms with Gasteiger partial charge in [-0.3, -0.25) is 0 Å². The van der Waals surface area contributed by atoms with E-state index in [0.717, 1.165) is 6.61 Å². The molecule has 0 bridgehead atoms. The summed E-state index contributed by atoms with van der Waals surface area (Å²) < 4.78 is 5.72. The first-order valence-corrected chi connectivity index (χ1v) is 6.02. The molecule has 1 fully saturated rings. The summed E-state index contributed by atoms with van der Waals surface area (Å²) >= 11 is 0. The number of ether oxygens (including phenoxy) is 1. The molecule has 0 spiro atoms. The highest BCUT2D eigenvalue weighted by molar-refractivity contribution is 4.82. The Bertz CT molecular complexity index is 152. The van der Waals surface area contributed by atoms with Crippen LogP contribution in [-0.4, -0.2) is 24.8 Å². The molecule has 3 atom stereocenters. The maximum atomic E-state index is 5.72. The van der Waals surface area contributed by atoms with Crippen LogP contribution in [0.3, 0.4) is 0 Å². The van der Waals surface area contributed by atoms with Gasteiger partial charge < -0.3 is 10.1 Å². The molecule has 1 aliphatic rings. The van der Waals surface area contributed by atoms with E-state index in [1.807, 2.05) is 0 Å². The second-order valence-corrected chi connectivity index (χ2v) is 4.77. The van der Waals surface area contributed by atoms with Gasteiger partial charge in [0.15, 0.2) is 0 Å². The van der Waals surface area contributed by atoms with Crippen LogP contribution in [0.4, 0.5) is 0 Å². The summed E-state index contributed by atoms with van der Waals surface area (Å²) in [6.07, 6.45) is 4.10. The van der Waals surface area contributed by atoms with Gasteiger partial charge in [-0.1, -0.05) is 20.8 Å². The molecule has 1 rings (SSSR count). The third kappa shape index (κ3) is 3.25. The predicted molar refractivity (Wildman–Crippen MR) is 60.5 cm³/mol. The highest BCUT2D eigenvalue weighted by Gasteiger charge is 2.25. The molecule has 3 unspecified atom stereocenters. The maximum Gasteiger partial charge on any atom is 0.0728 e. The minimum Gasteiger partial charge on any atom is -0.377 e. The highest BCUT2D eigenvalue weighted by atomic mass is 16.5. The quantitative estimate of drug-likeness (QED) is 0.735. The zero-order valence-electron chi connectivity index (χ0n) is 10.0. The maximum absolute atomic E-state index is 5.72. The van der Waals surface area contributed by atoms with Crippen LogP contribution in [0.15, 0.2) is 0 Å². The Morgan fingerprint density at radius 2 is 2.07 bits per heavy atom. The van der Waals surface area contributed by atoms with Crippen LogP contribution in [0.5, 0.6) is 0 Å². The van der Waals surface area contributed by atoms with Gasteiger partial charge >= 0.3 is 0 Å². The van der Waals surface area contributed by atoms with Crippen LogP contribution in [0.2, 0.25) is 0 Å².